The van der Waals surface area contributed by atoms with Crippen molar-refractivity contribution >= 4 is 16.9 Å². The van der Waals surface area contributed by atoms with Crippen LogP contribution in [0.25, 0.3) is 22.2 Å². The van der Waals surface area contributed by atoms with Crippen LogP contribution in [0.3, 0.4) is 0 Å². The Morgan fingerprint density at radius 2 is 1.91 bits per heavy atom. The predicted molar refractivity (Wildman–Crippen MR) is 129 cm³/mol. The van der Waals surface area contributed by atoms with E-state index in [1.807, 2.05) is 18.2 Å². The summed E-state index contributed by atoms with van der Waals surface area (Å²) >= 11 is 0. The van der Waals surface area contributed by atoms with Gasteiger partial charge in [0.1, 0.15) is 25.1 Å². The molecule has 0 saturated carbocycles. The van der Waals surface area contributed by atoms with Crippen molar-refractivity contribution in [3.63, 3.8) is 0 Å². The van der Waals surface area contributed by atoms with Crippen molar-refractivity contribution in [3.8, 4) is 17.0 Å². The van der Waals surface area contributed by atoms with E-state index in [1.54, 1.807) is 6.92 Å². The molecule has 0 aliphatic carbocycles. The quantitative estimate of drug-likeness (QED) is 0.240. The van der Waals surface area contributed by atoms with Crippen LogP contribution in [-0.2, 0) is 16.1 Å². The second-order valence-electron chi connectivity index (χ2n) is 8.27. The van der Waals surface area contributed by atoms with E-state index < -0.39 is 12.1 Å². The molecule has 1 atom stereocenters. The van der Waals surface area contributed by atoms with Gasteiger partial charge in [0.05, 0.1) is 0 Å². The summed E-state index contributed by atoms with van der Waals surface area (Å²) in [7, 11) is 0. The lowest BCUT2D eigenvalue weighted by Gasteiger charge is -2.16. The van der Waals surface area contributed by atoms with Crippen LogP contribution in [0, 0.1) is 6.92 Å². The number of aliphatic hydroxyl groups is 1. The SMILES string of the molecule is C=C(C)C(=O)OCC(O)COc1ccc(C)c(-c2cc3ccccc3n2CCCCC)c1. The maximum absolute atomic E-state index is 11.5. The van der Waals surface area contributed by atoms with Crippen molar-refractivity contribution in [1.29, 1.82) is 0 Å². The summed E-state index contributed by atoms with van der Waals surface area (Å²) < 4.78 is 13.2. The average molecular weight is 436 g/mol. The molecule has 0 fully saturated rings. The van der Waals surface area contributed by atoms with Crippen molar-refractivity contribution in [3.05, 3.63) is 66.2 Å². The number of ether oxygens (including phenoxy) is 2. The molecule has 2 aromatic carbocycles. The summed E-state index contributed by atoms with van der Waals surface area (Å²) in [6.45, 7) is 10.3. The molecule has 32 heavy (non-hydrogen) atoms. The Morgan fingerprint density at radius 1 is 1.12 bits per heavy atom. The predicted octanol–water partition coefficient (Wildman–Crippen LogP) is 5.67. The number of para-hydroxylation sites is 1. The van der Waals surface area contributed by atoms with Crippen LogP contribution in [0.4, 0.5) is 0 Å². The topological polar surface area (TPSA) is 60.7 Å². The summed E-state index contributed by atoms with van der Waals surface area (Å²) in [5, 5.41) is 11.3. The van der Waals surface area contributed by atoms with Crippen LogP contribution in [0.2, 0.25) is 0 Å². The molecule has 0 amide bonds. The first-order valence-electron chi connectivity index (χ1n) is 11.2. The molecule has 3 aromatic rings. The molecule has 1 aromatic heterocycles. The van der Waals surface area contributed by atoms with Gasteiger partial charge in [-0.25, -0.2) is 4.79 Å². The molecule has 3 rings (SSSR count). The van der Waals surface area contributed by atoms with E-state index in [-0.39, 0.29) is 13.2 Å². The number of nitrogens with zero attached hydrogens (tertiary/aromatic N) is 1. The molecule has 1 N–H and O–H groups in total. The van der Waals surface area contributed by atoms with Gasteiger partial charge in [-0.1, -0.05) is 50.6 Å². The van der Waals surface area contributed by atoms with Gasteiger partial charge < -0.3 is 19.1 Å². The minimum Gasteiger partial charge on any atom is -0.491 e. The fraction of sp³-hybridized carbons (Fsp3) is 0.370. The van der Waals surface area contributed by atoms with Crippen molar-refractivity contribution in [2.24, 2.45) is 0 Å². The first kappa shape index (κ1) is 23.6. The maximum atomic E-state index is 11.5. The van der Waals surface area contributed by atoms with Crippen LogP contribution in [0.5, 0.6) is 5.75 Å². The van der Waals surface area contributed by atoms with Gasteiger partial charge in [0.15, 0.2) is 0 Å². The largest absolute Gasteiger partial charge is 0.491 e. The first-order valence-corrected chi connectivity index (χ1v) is 11.2. The molecule has 1 heterocycles. The van der Waals surface area contributed by atoms with Crippen molar-refractivity contribution in [2.75, 3.05) is 13.2 Å². The number of esters is 1. The van der Waals surface area contributed by atoms with E-state index in [0.717, 1.165) is 24.1 Å². The Kier molecular flexibility index (Phi) is 8.12. The molecule has 0 spiro atoms. The van der Waals surface area contributed by atoms with E-state index in [4.69, 9.17) is 9.47 Å². The van der Waals surface area contributed by atoms with Crippen molar-refractivity contribution < 1.29 is 19.4 Å². The zero-order valence-corrected chi connectivity index (χ0v) is 19.3. The lowest BCUT2D eigenvalue weighted by atomic mass is 10.0. The van der Waals surface area contributed by atoms with Crippen LogP contribution >= 0.6 is 0 Å². The number of carbonyl (C=O) groups is 1. The van der Waals surface area contributed by atoms with Crippen molar-refractivity contribution in [2.45, 2.75) is 52.7 Å². The number of carbonyl (C=O) groups excluding carboxylic acids is 1. The van der Waals surface area contributed by atoms with Gasteiger partial charge in [-0.3, -0.25) is 0 Å². The molecule has 0 saturated heterocycles. The zero-order chi connectivity index (χ0) is 23.1. The monoisotopic (exact) mass is 435 g/mol. The van der Waals surface area contributed by atoms with E-state index in [0.29, 0.717) is 11.3 Å². The van der Waals surface area contributed by atoms with Gasteiger partial charge in [-0.2, -0.15) is 0 Å². The third kappa shape index (κ3) is 5.80. The Hall–Kier alpha value is -3.05. The van der Waals surface area contributed by atoms with Gasteiger partial charge in [0.25, 0.3) is 0 Å². The van der Waals surface area contributed by atoms with E-state index in [9.17, 15) is 9.90 Å². The molecule has 0 aliphatic rings. The highest BCUT2D eigenvalue weighted by Gasteiger charge is 2.15. The third-order valence-corrected chi connectivity index (χ3v) is 5.48. The Bertz CT molecular complexity index is 1080. The number of fused-ring (bicyclic) bond motifs is 1. The van der Waals surface area contributed by atoms with Crippen LogP contribution in [0.1, 0.15) is 38.7 Å². The summed E-state index contributed by atoms with van der Waals surface area (Å²) in [5.74, 6) is 0.152. The summed E-state index contributed by atoms with van der Waals surface area (Å²) in [6, 6.07) is 16.7. The smallest absolute Gasteiger partial charge is 0.333 e. The molecular weight excluding hydrogens is 402 g/mol. The number of hydrogen-bond donors (Lipinski definition) is 1. The van der Waals surface area contributed by atoms with Gasteiger partial charge in [0.2, 0.25) is 0 Å². The van der Waals surface area contributed by atoms with Crippen LogP contribution < -0.4 is 4.74 Å². The molecule has 1 unspecified atom stereocenters. The number of unbranched alkanes of at least 4 members (excludes halogenated alkanes) is 2. The Labute approximate surface area is 190 Å². The number of aromatic nitrogens is 1. The maximum Gasteiger partial charge on any atom is 0.333 e. The number of aliphatic hydroxyl groups excluding tert-OH is 1. The van der Waals surface area contributed by atoms with Gasteiger partial charge in [-0.15, -0.1) is 0 Å². The summed E-state index contributed by atoms with van der Waals surface area (Å²) in [4.78, 5) is 11.5. The minimum absolute atomic E-state index is 0.0332. The molecule has 0 radical (unpaired) electrons. The Morgan fingerprint density at radius 3 is 2.66 bits per heavy atom. The molecule has 170 valence electrons. The third-order valence-electron chi connectivity index (χ3n) is 5.48. The zero-order valence-electron chi connectivity index (χ0n) is 19.3. The normalized spacial score (nSPS) is 12.0. The highest BCUT2D eigenvalue weighted by atomic mass is 16.5. The standard InChI is InChI=1S/C27H33NO4/c1-5-6-9-14-28-25-11-8-7-10-21(25)15-26(28)24-16-23(13-12-20(24)4)31-17-22(29)18-32-27(30)19(2)3/h7-8,10-13,15-16,22,29H,2,5-6,9,14,17-18H2,1,3-4H3. The first-order chi connectivity index (χ1) is 15.4. The lowest BCUT2D eigenvalue weighted by molar-refractivity contribution is -0.142. The van der Waals surface area contributed by atoms with Gasteiger partial charge in [0, 0.05) is 34.3 Å². The van der Waals surface area contributed by atoms with E-state index in [2.05, 4.69) is 55.3 Å². The second kappa shape index (κ2) is 11.0. The lowest BCUT2D eigenvalue weighted by Crippen LogP contribution is -2.25. The Balaban J connectivity index is 1.80. The molecular formula is C27H33NO4. The highest BCUT2D eigenvalue weighted by Crippen LogP contribution is 2.33. The molecule has 0 bridgehead atoms. The van der Waals surface area contributed by atoms with Gasteiger partial charge >= 0.3 is 5.97 Å². The average Bonchev–Trinajstić information content (AvgIpc) is 3.15. The minimum atomic E-state index is -0.913. The summed E-state index contributed by atoms with van der Waals surface area (Å²) in [5.41, 5.74) is 4.97. The number of benzene rings is 2. The van der Waals surface area contributed by atoms with E-state index in [1.165, 1.54) is 29.4 Å². The van der Waals surface area contributed by atoms with Crippen molar-refractivity contribution in [1.82, 2.24) is 4.57 Å². The van der Waals surface area contributed by atoms with Crippen LogP contribution in [-0.4, -0.2) is 35.0 Å². The fourth-order valence-corrected chi connectivity index (χ4v) is 3.70. The molecule has 5 nitrogen and oxygen atoms in total. The number of aryl methyl sites for hydroxylation is 2. The van der Waals surface area contributed by atoms with Gasteiger partial charge in [-0.05, 0) is 50.1 Å². The fourth-order valence-electron chi connectivity index (χ4n) is 3.70. The second-order valence-corrected chi connectivity index (χ2v) is 8.27. The molecule has 0 aliphatic heterocycles. The summed E-state index contributed by atoms with van der Waals surface area (Å²) in [6.07, 6.45) is 2.60. The van der Waals surface area contributed by atoms with E-state index >= 15 is 0 Å². The molecule has 5 heteroatoms. The number of rotatable bonds is 11. The highest BCUT2D eigenvalue weighted by molar-refractivity contribution is 5.88. The number of hydrogen-bond acceptors (Lipinski definition) is 4. The van der Waals surface area contributed by atoms with Crippen LogP contribution in [0.15, 0.2) is 60.7 Å².